The maximum atomic E-state index is 10.5. The summed E-state index contributed by atoms with van der Waals surface area (Å²) in [6.07, 6.45) is 1.90. The van der Waals surface area contributed by atoms with Gasteiger partial charge in [0.1, 0.15) is 5.01 Å². The minimum atomic E-state index is -0.393. The summed E-state index contributed by atoms with van der Waals surface area (Å²) < 4.78 is 0. The Morgan fingerprint density at radius 3 is 2.92 bits per heavy atom. The van der Waals surface area contributed by atoms with E-state index in [1.807, 2.05) is 6.92 Å². The van der Waals surface area contributed by atoms with Crippen molar-refractivity contribution < 1.29 is 4.79 Å². The number of thiazole rings is 1. The standard InChI is InChI=1S/C7H11N3OS/c1-4-3-10-7(12-4)5(8)2-6(9)11/h3,5H,2,8H2,1H3,(H2,9,11)/t5-/m1/s1. The molecule has 1 atom stereocenters. The molecule has 1 heterocycles. The van der Waals surface area contributed by atoms with Gasteiger partial charge in [0.25, 0.3) is 0 Å². The molecule has 0 aliphatic rings. The fourth-order valence-electron chi connectivity index (χ4n) is 0.848. The van der Waals surface area contributed by atoms with Gasteiger partial charge in [-0.05, 0) is 6.92 Å². The molecule has 0 aromatic carbocycles. The van der Waals surface area contributed by atoms with Gasteiger partial charge in [0.05, 0.1) is 6.04 Å². The largest absolute Gasteiger partial charge is 0.370 e. The summed E-state index contributed by atoms with van der Waals surface area (Å²) in [5.41, 5.74) is 10.7. The molecule has 0 unspecified atom stereocenters. The topological polar surface area (TPSA) is 82.0 Å². The van der Waals surface area contributed by atoms with Crippen molar-refractivity contribution in [2.75, 3.05) is 0 Å². The Hall–Kier alpha value is -0.940. The Kier molecular flexibility index (Phi) is 2.78. The fourth-order valence-corrected chi connectivity index (χ4v) is 1.62. The smallest absolute Gasteiger partial charge is 0.219 e. The second-order valence-electron chi connectivity index (χ2n) is 2.59. The minimum Gasteiger partial charge on any atom is -0.370 e. The molecule has 1 amide bonds. The zero-order chi connectivity index (χ0) is 9.14. The highest BCUT2D eigenvalue weighted by Gasteiger charge is 2.11. The van der Waals surface area contributed by atoms with Crippen molar-refractivity contribution in [1.29, 1.82) is 0 Å². The molecule has 0 saturated carbocycles. The number of nitrogens with zero attached hydrogens (tertiary/aromatic N) is 1. The van der Waals surface area contributed by atoms with Crippen LogP contribution in [0, 0.1) is 6.92 Å². The average Bonchev–Trinajstić information content (AvgIpc) is 2.34. The maximum Gasteiger partial charge on any atom is 0.219 e. The first-order chi connectivity index (χ1) is 5.59. The molecule has 4 nitrogen and oxygen atoms in total. The van der Waals surface area contributed by atoms with Gasteiger partial charge in [-0.15, -0.1) is 11.3 Å². The van der Waals surface area contributed by atoms with Crippen LogP contribution in [0.1, 0.15) is 22.3 Å². The number of amides is 1. The van der Waals surface area contributed by atoms with Crippen LogP contribution in [0.5, 0.6) is 0 Å². The number of aromatic nitrogens is 1. The zero-order valence-corrected chi connectivity index (χ0v) is 7.60. The van der Waals surface area contributed by atoms with Gasteiger partial charge in [0.2, 0.25) is 5.91 Å². The first kappa shape index (κ1) is 9.15. The molecule has 0 radical (unpaired) electrons. The molecule has 0 bridgehead atoms. The second kappa shape index (κ2) is 3.64. The maximum absolute atomic E-state index is 10.5. The highest BCUT2D eigenvalue weighted by Crippen LogP contribution is 2.19. The number of hydrogen-bond donors (Lipinski definition) is 2. The molecule has 0 aliphatic carbocycles. The Balaban J connectivity index is 2.64. The van der Waals surface area contributed by atoms with E-state index in [-0.39, 0.29) is 12.5 Å². The molecule has 0 spiro atoms. The van der Waals surface area contributed by atoms with Gasteiger partial charge in [-0.2, -0.15) is 0 Å². The van der Waals surface area contributed by atoms with E-state index >= 15 is 0 Å². The zero-order valence-electron chi connectivity index (χ0n) is 6.78. The molecular weight excluding hydrogens is 174 g/mol. The highest BCUT2D eigenvalue weighted by molar-refractivity contribution is 7.11. The molecule has 0 aliphatic heterocycles. The van der Waals surface area contributed by atoms with E-state index in [0.29, 0.717) is 0 Å². The summed E-state index contributed by atoms with van der Waals surface area (Å²) in [5, 5.41) is 0.770. The SMILES string of the molecule is Cc1cnc([C@H](N)CC(N)=O)s1. The van der Waals surface area contributed by atoms with Crippen molar-refractivity contribution in [3.8, 4) is 0 Å². The average molecular weight is 185 g/mol. The number of nitrogens with two attached hydrogens (primary N) is 2. The fraction of sp³-hybridized carbons (Fsp3) is 0.429. The third kappa shape index (κ3) is 2.28. The van der Waals surface area contributed by atoms with Gasteiger partial charge in [-0.25, -0.2) is 4.98 Å². The van der Waals surface area contributed by atoms with Gasteiger partial charge in [0, 0.05) is 17.5 Å². The number of aryl methyl sites for hydroxylation is 1. The molecule has 1 aromatic heterocycles. The van der Waals surface area contributed by atoms with Crippen LogP contribution in [-0.4, -0.2) is 10.9 Å². The molecule has 1 rings (SSSR count). The Morgan fingerprint density at radius 2 is 2.50 bits per heavy atom. The lowest BCUT2D eigenvalue weighted by atomic mass is 10.2. The highest BCUT2D eigenvalue weighted by atomic mass is 32.1. The van der Waals surface area contributed by atoms with Gasteiger partial charge in [-0.1, -0.05) is 0 Å². The van der Waals surface area contributed by atoms with Crippen molar-refractivity contribution in [3.05, 3.63) is 16.1 Å². The number of primary amides is 1. The van der Waals surface area contributed by atoms with Gasteiger partial charge in [0.15, 0.2) is 0 Å². The van der Waals surface area contributed by atoms with Crippen molar-refractivity contribution in [2.24, 2.45) is 11.5 Å². The summed E-state index contributed by atoms with van der Waals surface area (Å²) in [4.78, 5) is 15.7. The first-order valence-electron chi connectivity index (χ1n) is 3.56. The Bertz CT molecular complexity index is 284. The molecule has 0 fully saturated rings. The predicted octanol–water partition coefficient (Wildman–Crippen LogP) is 0.327. The van der Waals surface area contributed by atoms with Crippen LogP contribution in [0.4, 0.5) is 0 Å². The third-order valence-electron chi connectivity index (χ3n) is 1.38. The van der Waals surface area contributed by atoms with Crippen LogP contribution >= 0.6 is 11.3 Å². The van der Waals surface area contributed by atoms with Gasteiger partial charge < -0.3 is 11.5 Å². The second-order valence-corrected chi connectivity index (χ2v) is 3.85. The summed E-state index contributed by atoms with van der Waals surface area (Å²) in [7, 11) is 0. The molecule has 12 heavy (non-hydrogen) atoms. The van der Waals surface area contributed by atoms with Crippen molar-refractivity contribution >= 4 is 17.2 Å². The Morgan fingerprint density at radius 1 is 1.83 bits per heavy atom. The monoisotopic (exact) mass is 185 g/mol. The lowest BCUT2D eigenvalue weighted by molar-refractivity contribution is -0.118. The van der Waals surface area contributed by atoms with Crippen molar-refractivity contribution in [1.82, 2.24) is 4.98 Å². The lowest BCUT2D eigenvalue weighted by Gasteiger charge is -2.03. The van der Waals surface area contributed by atoms with E-state index in [0.717, 1.165) is 9.88 Å². The van der Waals surface area contributed by atoms with Crippen LogP contribution in [0.3, 0.4) is 0 Å². The van der Waals surface area contributed by atoms with Crippen LogP contribution < -0.4 is 11.5 Å². The number of rotatable bonds is 3. The van der Waals surface area contributed by atoms with Crippen LogP contribution in [0.15, 0.2) is 6.20 Å². The quantitative estimate of drug-likeness (QED) is 0.711. The van der Waals surface area contributed by atoms with E-state index in [1.165, 1.54) is 11.3 Å². The molecule has 66 valence electrons. The molecular formula is C7H11N3OS. The number of hydrogen-bond acceptors (Lipinski definition) is 4. The molecule has 4 N–H and O–H groups in total. The van der Waals surface area contributed by atoms with Crippen LogP contribution in [-0.2, 0) is 4.79 Å². The van der Waals surface area contributed by atoms with E-state index in [9.17, 15) is 4.79 Å². The van der Waals surface area contributed by atoms with Crippen LogP contribution in [0.25, 0.3) is 0 Å². The lowest BCUT2D eigenvalue weighted by Crippen LogP contribution is -2.20. The third-order valence-corrected chi connectivity index (χ3v) is 2.42. The van der Waals surface area contributed by atoms with Crippen LogP contribution in [0.2, 0.25) is 0 Å². The first-order valence-corrected chi connectivity index (χ1v) is 4.37. The van der Waals surface area contributed by atoms with E-state index < -0.39 is 5.91 Å². The Labute approximate surface area is 74.6 Å². The van der Waals surface area contributed by atoms with Gasteiger partial charge >= 0.3 is 0 Å². The van der Waals surface area contributed by atoms with Crippen molar-refractivity contribution in [2.45, 2.75) is 19.4 Å². The van der Waals surface area contributed by atoms with Crippen molar-refractivity contribution in [3.63, 3.8) is 0 Å². The molecule has 5 heteroatoms. The van der Waals surface area contributed by atoms with Gasteiger partial charge in [-0.3, -0.25) is 4.79 Å². The van der Waals surface area contributed by atoms with E-state index in [4.69, 9.17) is 11.5 Å². The minimum absolute atomic E-state index is 0.160. The molecule has 0 saturated heterocycles. The van der Waals surface area contributed by atoms with E-state index in [2.05, 4.69) is 4.98 Å². The summed E-state index contributed by atoms with van der Waals surface area (Å²) in [6, 6.07) is -0.346. The van der Waals surface area contributed by atoms with E-state index in [1.54, 1.807) is 6.20 Å². The number of carbonyl (C=O) groups excluding carboxylic acids is 1. The number of carbonyl (C=O) groups is 1. The normalized spacial score (nSPS) is 12.8. The summed E-state index contributed by atoms with van der Waals surface area (Å²) >= 11 is 1.49. The predicted molar refractivity (Wildman–Crippen MR) is 47.6 cm³/mol. The molecule has 1 aromatic rings. The summed E-state index contributed by atoms with van der Waals surface area (Å²) in [5.74, 6) is -0.393. The summed E-state index contributed by atoms with van der Waals surface area (Å²) in [6.45, 7) is 1.94.